The number of aryl methyl sites for hydroxylation is 1. The molecule has 0 atom stereocenters. The van der Waals surface area contributed by atoms with Gasteiger partial charge >= 0.3 is 0 Å². The maximum absolute atomic E-state index is 12.0. The maximum atomic E-state index is 12.0. The molecule has 0 bridgehead atoms. The van der Waals surface area contributed by atoms with E-state index in [0.29, 0.717) is 31.0 Å². The molecule has 140 valence electrons. The quantitative estimate of drug-likeness (QED) is 0.751. The molecule has 0 saturated carbocycles. The van der Waals surface area contributed by atoms with Gasteiger partial charge in [-0.1, -0.05) is 0 Å². The van der Waals surface area contributed by atoms with Crippen molar-refractivity contribution < 1.29 is 13.9 Å². The van der Waals surface area contributed by atoms with E-state index in [9.17, 15) is 4.79 Å². The van der Waals surface area contributed by atoms with Crippen molar-refractivity contribution in [1.29, 1.82) is 0 Å². The lowest BCUT2D eigenvalue weighted by molar-refractivity contribution is -0.129. The number of benzene rings is 1. The zero-order valence-electron chi connectivity index (χ0n) is 14.7. The Morgan fingerprint density at radius 1 is 1.28 bits per heavy atom. The highest BCUT2D eigenvalue weighted by molar-refractivity contribution is 5.85. The molecule has 0 aliphatic rings. The normalized spacial score (nSPS) is 9.72. The summed E-state index contributed by atoms with van der Waals surface area (Å²) < 4.78 is 10.9. The van der Waals surface area contributed by atoms with Crippen LogP contribution in [-0.4, -0.2) is 50.1 Å². The van der Waals surface area contributed by atoms with Crippen LogP contribution in [0.25, 0.3) is 11.3 Å². The molecule has 8 heteroatoms. The topological polar surface area (TPSA) is 67.6 Å². The van der Waals surface area contributed by atoms with Crippen LogP contribution in [0.3, 0.4) is 0 Å². The van der Waals surface area contributed by atoms with Crippen LogP contribution in [0.4, 0.5) is 0 Å². The van der Waals surface area contributed by atoms with Gasteiger partial charge in [0.1, 0.15) is 5.75 Å². The third kappa shape index (κ3) is 6.94. The minimum absolute atomic E-state index is 0. The Balaban J connectivity index is 0.00000288. The molecule has 2 rings (SSSR count). The second-order valence-electron chi connectivity index (χ2n) is 5.27. The third-order valence-corrected chi connectivity index (χ3v) is 3.60. The number of aromatic nitrogens is 1. The Bertz CT molecular complexity index is 632. The van der Waals surface area contributed by atoms with Crippen LogP contribution in [0.1, 0.15) is 12.3 Å². The largest absolute Gasteiger partial charge is 0.497 e. The summed E-state index contributed by atoms with van der Waals surface area (Å²) in [6.45, 7) is 1.47. The standard InChI is InChI=1S/C17H23N3O3.2ClH/c1-18-10-11-20(2)17(21)9-8-16-19-12-15(23-16)13-4-6-14(22-3)7-5-13;;/h4-7,12,18H,8-11H2,1-3H3;2*1H. The number of nitrogens with one attached hydrogen (secondary N) is 1. The van der Waals surface area contributed by atoms with E-state index >= 15 is 0 Å². The van der Waals surface area contributed by atoms with E-state index < -0.39 is 0 Å². The van der Waals surface area contributed by atoms with Gasteiger partial charge in [-0.15, -0.1) is 24.8 Å². The van der Waals surface area contributed by atoms with Crippen LogP contribution >= 0.6 is 24.8 Å². The van der Waals surface area contributed by atoms with Crippen LogP contribution in [0, 0.1) is 0 Å². The fraction of sp³-hybridized carbons (Fsp3) is 0.412. The highest BCUT2D eigenvalue weighted by Gasteiger charge is 2.12. The van der Waals surface area contributed by atoms with Gasteiger partial charge in [0.15, 0.2) is 11.7 Å². The van der Waals surface area contributed by atoms with E-state index in [-0.39, 0.29) is 30.7 Å². The average molecular weight is 390 g/mol. The highest BCUT2D eigenvalue weighted by Crippen LogP contribution is 2.23. The summed E-state index contributed by atoms with van der Waals surface area (Å²) in [6, 6.07) is 7.58. The molecule has 0 aliphatic carbocycles. The van der Waals surface area contributed by atoms with Gasteiger partial charge in [0.2, 0.25) is 5.91 Å². The van der Waals surface area contributed by atoms with Crippen LogP contribution in [0.5, 0.6) is 5.75 Å². The van der Waals surface area contributed by atoms with Crippen molar-refractivity contribution in [3.05, 3.63) is 36.4 Å². The van der Waals surface area contributed by atoms with E-state index in [0.717, 1.165) is 17.9 Å². The number of ether oxygens (including phenoxy) is 1. The number of oxazole rings is 1. The Kier molecular flexibility index (Phi) is 10.9. The zero-order valence-corrected chi connectivity index (χ0v) is 16.3. The monoisotopic (exact) mass is 389 g/mol. The number of methoxy groups -OCH3 is 1. The van der Waals surface area contributed by atoms with E-state index in [2.05, 4.69) is 10.3 Å². The van der Waals surface area contributed by atoms with E-state index in [1.165, 1.54) is 0 Å². The number of carbonyl (C=O) groups is 1. The Labute approximate surface area is 160 Å². The van der Waals surface area contributed by atoms with E-state index in [1.54, 1.807) is 25.3 Å². The molecule has 1 N–H and O–H groups in total. The van der Waals surface area contributed by atoms with Crippen molar-refractivity contribution in [3.8, 4) is 17.1 Å². The van der Waals surface area contributed by atoms with E-state index in [1.807, 2.05) is 31.3 Å². The zero-order chi connectivity index (χ0) is 16.7. The summed E-state index contributed by atoms with van der Waals surface area (Å²) in [4.78, 5) is 17.9. The Morgan fingerprint density at radius 3 is 2.56 bits per heavy atom. The van der Waals surface area contributed by atoms with Crippen molar-refractivity contribution in [1.82, 2.24) is 15.2 Å². The van der Waals surface area contributed by atoms with Crippen molar-refractivity contribution in [3.63, 3.8) is 0 Å². The fourth-order valence-electron chi connectivity index (χ4n) is 2.12. The summed E-state index contributed by atoms with van der Waals surface area (Å²) in [5.41, 5.74) is 0.932. The number of carbonyl (C=O) groups excluding carboxylic acids is 1. The van der Waals surface area contributed by atoms with Crippen molar-refractivity contribution >= 4 is 30.7 Å². The third-order valence-electron chi connectivity index (χ3n) is 3.60. The van der Waals surface area contributed by atoms with Crippen LogP contribution in [0.15, 0.2) is 34.9 Å². The van der Waals surface area contributed by atoms with Gasteiger partial charge in [0.25, 0.3) is 0 Å². The van der Waals surface area contributed by atoms with Gasteiger partial charge in [-0.3, -0.25) is 4.79 Å². The molecule has 1 amide bonds. The molecule has 2 aromatic rings. The Morgan fingerprint density at radius 2 is 1.96 bits per heavy atom. The van der Waals surface area contributed by atoms with Crippen molar-refractivity contribution in [2.24, 2.45) is 0 Å². The Hall–Kier alpha value is -1.76. The van der Waals surface area contributed by atoms with Crippen LogP contribution < -0.4 is 10.1 Å². The first-order valence-electron chi connectivity index (χ1n) is 7.61. The molecule has 0 aliphatic heterocycles. The average Bonchev–Trinajstić information content (AvgIpc) is 3.06. The minimum Gasteiger partial charge on any atom is -0.497 e. The number of nitrogens with zero attached hydrogens (tertiary/aromatic N) is 2. The van der Waals surface area contributed by atoms with Crippen LogP contribution in [-0.2, 0) is 11.2 Å². The number of hydrogen-bond acceptors (Lipinski definition) is 5. The molecular weight excluding hydrogens is 365 g/mol. The summed E-state index contributed by atoms with van der Waals surface area (Å²) in [5, 5.41) is 3.02. The number of amides is 1. The van der Waals surface area contributed by atoms with Gasteiger partial charge in [-0.2, -0.15) is 0 Å². The van der Waals surface area contributed by atoms with Gasteiger partial charge in [-0.05, 0) is 31.3 Å². The molecule has 0 fully saturated rings. The molecule has 1 aromatic carbocycles. The molecular formula is C17H25Cl2N3O3. The lowest BCUT2D eigenvalue weighted by atomic mass is 10.2. The molecule has 25 heavy (non-hydrogen) atoms. The molecule has 0 unspecified atom stereocenters. The lowest BCUT2D eigenvalue weighted by Gasteiger charge is -2.16. The number of hydrogen-bond donors (Lipinski definition) is 1. The summed E-state index contributed by atoms with van der Waals surface area (Å²) in [7, 11) is 5.30. The van der Waals surface area contributed by atoms with Crippen molar-refractivity contribution in [2.45, 2.75) is 12.8 Å². The van der Waals surface area contributed by atoms with Gasteiger partial charge < -0.3 is 19.4 Å². The van der Waals surface area contributed by atoms with Gasteiger partial charge in [0.05, 0.1) is 13.3 Å². The fourth-order valence-corrected chi connectivity index (χ4v) is 2.12. The first-order chi connectivity index (χ1) is 11.1. The summed E-state index contributed by atoms with van der Waals surface area (Å²) in [5.74, 6) is 2.15. The summed E-state index contributed by atoms with van der Waals surface area (Å²) in [6.07, 6.45) is 2.58. The molecule has 1 heterocycles. The minimum atomic E-state index is 0. The molecule has 0 spiro atoms. The summed E-state index contributed by atoms with van der Waals surface area (Å²) >= 11 is 0. The highest BCUT2D eigenvalue weighted by atomic mass is 35.5. The first-order valence-corrected chi connectivity index (χ1v) is 7.61. The predicted octanol–water partition coefficient (Wildman–Crippen LogP) is 2.80. The van der Waals surface area contributed by atoms with Gasteiger partial charge in [0, 0.05) is 38.5 Å². The molecule has 1 aromatic heterocycles. The number of likely N-dealkylation sites (N-methyl/N-ethyl adjacent to an activating group) is 2. The maximum Gasteiger partial charge on any atom is 0.222 e. The van der Waals surface area contributed by atoms with Crippen molar-refractivity contribution in [2.75, 3.05) is 34.3 Å². The molecule has 0 saturated heterocycles. The van der Waals surface area contributed by atoms with Crippen LogP contribution in [0.2, 0.25) is 0 Å². The number of rotatable bonds is 8. The first kappa shape index (κ1) is 23.2. The smallest absolute Gasteiger partial charge is 0.222 e. The molecule has 6 nitrogen and oxygen atoms in total. The second-order valence-corrected chi connectivity index (χ2v) is 5.27. The lowest BCUT2D eigenvalue weighted by Crippen LogP contribution is -2.32. The molecule has 0 radical (unpaired) electrons. The van der Waals surface area contributed by atoms with Gasteiger partial charge in [-0.25, -0.2) is 4.98 Å². The van der Waals surface area contributed by atoms with E-state index in [4.69, 9.17) is 9.15 Å². The SMILES string of the molecule is CNCCN(C)C(=O)CCc1ncc(-c2ccc(OC)cc2)o1.Cl.Cl. The number of halogens is 2. The predicted molar refractivity (Wildman–Crippen MR) is 103 cm³/mol. The second kappa shape index (κ2) is 11.7.